The van der Waals surface area contributed by atoms with E-state index < -0.39 is 12.2 Å². The number of hydrogen-bond acceptors (Lipinski definition) is 3. The summed E-state index contributed by atoms with van der Waals surface area (Å²) in [5.41, 5.74) is 0. The van der Waals surface area contributed by atoms with Crippen molar-refractivity contribution in [3.63, 3.8) is 0 Å². The molecule has 0 bridgehead atoms. The van der Waals surface area contributed by atoms with E-state index in [4.69, 9.17) is 5.11 Å². The van der Waals surface area contributed by atoms with Crippen LogP contribution in [0.1, 0.15) is 33.6 Å². The lowest BCUT2D eigenvalue weighted by atomic mass is 10.1. The Morgan fingerprint density at radius 1 is 1.29 bits per heavy atom. The van der Waals surface area contributed by atoms with Gasteiger partial charge in [0.1, 0.15) is 0 Å². The number of carbonyl (C=O) groups is 1. The summed E-state index contributed by atoms with van der Waals surface area (Å²) in [6.07, 6.45) is -0.933. The van der Waals surface area contributed by atoms with Crippen molar-refractivity contribution in [1.29, 1.82) is 0 Å². The van der Waals surface area contributed by atoms with Crippen molar-refractivity contribution in [2.24, 2.45) is 0 Å². The van der Waals surface area contributed by atoms with Gasteiger partial charge >= 0.3 is 0 Å². The van der Waals surface area contributed by atoms with Crippen LogP contribution in [-0.2, 0) is 4.79 Å². The summed E-state index contributed by atoms with van der Waals surface area (Å²) in [6, 6.07) is 0. The molecule has 0 aromatic rings. The number of carbonyl (C=O) groups excluding carboxylic acids is 1. The largest absolute Gasteiger partial charge is 0.393 e. The minimum absolute atomic E-state index is 0.0526. The molecule has 2 unspecified atom stereocenters. The molecular formula is C10H21NO3. The second kappa shape index (κ2) is 6.79. The number of rotatable bonds is 6. The Bertz CT molecular complexity index is 167. The van der Waals surface area contributed by atoms with Crippen molar-refractivity contribution < 1.29 is 15.0 Å². The standard InChI is InChI=1S/C10H21NO3/c1-4-11(5-2)10(14)7-9(13)6-8(3)12/h8-9,12-13H,4-7H2,1-3H3. The SMILES string of the molecule is CCN(CC)C(=O)CC(O)CC(C)O. The molecule has 1 amide bonds. The predicted molar refractivity (Wildman–Crippen MR) is 54.8 cm³/mol. The first-order valence-corrected chi connectivity index (χ1v) is 5.15. The fourth-order valence-corrected chi connectivity index (χ4v) is 1.38. The van der Waals surface area contributed by atoms with Gasteiger partial charge in [-0.05, 0) is 27.2 Å². The van der Waals surface area contributed by atoms with Gasteiger partial charge in [0.2, 0.25) is 5.91 Å². The monoisotopic (exact) mass is 203 g/mol. The average Bonchev–Trinajstić information content (AvgIpc) is 2.04. The van der Waals surface area contributed by atoms with Crippen molar-refractivity contribution >= 4 is 5.91 Å². The Labute approximate surface area is 85.5 Å². The number of aliphatic hydroxyl groups excluding tert-OH is 2. The minimum Gasteiger partial charge on any atom is -0.393 e. The van der Waals surface area contributed by atoms with Gasteiger partial charge in [-0.3, -0.25) is 4.79 Å². The van der Waals surface area contributed by atoms with Gasteiger partial charge in [0.15, 0.2) is 0 Å². The van der Waals surface area contributed by atoms with Crippen molar-refractivity contribution in [3.05, 3.63) is 0 Å². The van der Waals surface area contributed by atoms with Crippen LogP contribution >= 0.6 is 0 Å². The third kappa shape index (κ3) is 5.19. The molecule has 0 spiro atoms. The first kappa shape index (κ1) is 13.4. The maximum atomic E-state index is 11.5. The number of amides is 1. The Balaban J connectivity index is 3.91. The van der Waals surface area contributed by atoms with E-state index in [0.717, 1.165) is 0 Å². The van der Waals surface area contributed by atoms with Crippen LogP contribution in [0.5, 0.6) is 0 Å². The minimum atomic E-state index is -0.733. The summed E-state index contributed by atoms with van der Waals surface area (Å²) in [5.74, 6) is -0.0526. The zero-order valence-electron chi connectivity index (χ0n) is 9.23. The van der Waals surface area contributed by atoms with Gasteiger partial charge in [-0.2, -0.15) is 0 Å². The highest BCUT2D eigenvalue weighted by atomic mass is 16.3. The summed E-state index contributed by atoms with van der Waals surface area (Å²) in [7, 11) is 0. The number of hydrogen-bond donors (Lipinski definition) is 2. The lowest BCUT2D eigenvalue weighted by Gasteiger charge is -2.20. The van der Waals surface area contributed by atoms with Crippen LogP contribution in [0.2, 0.25) is 0 Å². The van der Waals surface area contributed by atoms with Gasteiger partial charge in [-0.15, -0.1) is 0 Å². The van der Waals surface area contributed by atoms with Crippen LogP contribution in [0.25, 0.3) is 0 Å². The molecule has 0 aliphatic heterocycles. The Kier molecular flexibility index (Phi) is 6.49. The Morgan fingerprint density at radius 3 is 2.14 bits per heavy atom. The number of nitrogens with zero attached hydrogens (tertiary/aromatic N) is 1. The maximum Gasteiger partial charge on any atom is 0.225 e. The molecule has 0 aliphatic rings. The molecule has 0 aromatic heterocycles. The first-order valence-electron chi connectivity index (χ1n) is 5.15. The molecular weight excluding hydrogens is 182 g/mol. The van der Waals surface area contributed by atoms with E-state index in [1.54, 1.807) is 11.8 Å². The zero-order valence-corrected chi connectivity index (χ0v) is 9.23. The molecule has 0 heterocycles. The second-order valence-electron chi connectivity index (χ2n) is 3.51. The fourth-order valence-electron chi connectivity index (χ4n) is 1.38. The molecule has 84 valence electrons. The third-order valence-corrected chi connectivity index (χ3v) is 2.14. The molecule has 14 heavy (non-hydrogen) atoms. The quantitative estimate of drug-likeness (QED) is 0.656. The molecule has 0 saturated heterocycles. The van der Waals surface area contributed by atoms with Crippen molar-refractivity contribution in [2.45, 2.75) is 45.8 Å². The predicted octanol–water partition coefficient (Wildman–Crippen LogP) is 0.377. The summed E-state index contributed by atoms with van der Waals surface area (Å²) >= 11 is 0. The Morgan fingerprint density at radius 2 is 1.79 bits per heavy atom. The number of aliphatic hydroxyl groups is 2. The lowest BCUT2D eigenvalue weighted by molar-refractivity contribution is -0.133. The summed E-state index contributed by atoms with van der Waals surface area (Å²) < 4.78 is 0. The summed E-state index contributed by atoms with van der Waals surface area (Å²) in [5, 5.41) is 18.4. The van der Waals surface area contributed by atoms with Gasteiger partial charge in [0, 0.05) is 13.1 Å². The van der Waals surface area contributed by atoms with Gasteiger partial charge in [-0.25, -0.2) is 0 Å². The van der Waals surface area contributed by atoms with E-state index in [9.17, 15) is 9.90 Å². The summed E-state index contributed by atoms with van der Waals surface area (Å²) in [4.78, 5) is 13.2. The van der Waals surface area contributed by atoms with Crippen LogP contribution < -0.4 is 0 Å². The molecule has 2 atom stereocenters. The smallest absolute Gasteiger partial charge is 0.225 e. The van der Waals surface area contributed by atoms with E-state index in [-0.39, 0.29) is 18.7 Å². The highest BCUT2D eigenvalue weighted by molar-refractivity contribution is 5.76. The van der Waals surface area contributed by atoms with Gasteiger partial charge in [0.05, 0.1) is 18.6 Å². The molecule has 0 aliphatic carbocycles. The van der Waals surface area contributed by atoms with Crippen molar-refractivity contribution in [1.82, 2.24) is 4.90 Å². The molecule has 0 radical (unpaired) electrons. The topological polar surface area (TPSA) is 60.8 Å². The molecule has 0 aromatic carbocycles. The van der Waals surface area contributed by atoms with E-state index in [0.29, 0.717) is 13.1 Å². The van der Waals surface area contributed by atoms with Crippen LogP contribution in [0, 0.1) is 0 Å². The van der Waals surface area contributed by atoms with Crippen molar-refractivity contribution in [3.8, 4) is 0 Å². The molecule has 0 saturated carbocycles. The van der Waals surface area contributed by atoms with E-state index in [1.807, 2.05) is 13.8 Å². The van der Waals surface area contributed by atoms with Crippen LogP contribution in [0.15, 0.2) is 0 Å². The maximum absolute atomic E-state index is 11.5. The summed E-state index contributed by atoms with van der Waals surface area (Å²) in [6.45, 7) is 6.74. The lowest BCUT2D eigenvalue weighted by Crippen LogP contribution is -2.33. The van der Waals surface area contributed by atoms with Gasteiger partial charge in [-0.1, -0.05) is 0 Å². The first-order chi connectivity index (χ1) is 6.51. The third-order valence-electron chi connectivity index (χ3n) is 2.14. The van der Waals surface area contributed by atoms with E-state index in [1.165, 1.54) is 0 Å². The van der Waals surface area contributed by atoms with Crippen LogP contribution in [0.3, 0.4) is 0 Å². The highest BCUT2D eigenvalue weighted by Crippen LogP contribution is 2.05. The Hall–Kier alpha value is -0.610. The van der Waals surface area contributed by atoms with Gasteiger partial charge in [0.25, 0.3) is 0 Å². The molecule has 4 nitrogen and oxygen atoms in total. The molecule has 0 rings (SSSR count). The molecule has 2 N–H and O–H groups in total. The highest BCUT2D eigenvalue weighted by Gasteiger charge is 2.16. The van der Waals surface area contributed by atoms with E-state index in [2.05, 4.69) is 0 Å². The van der Waals surface area contributed by atoms with Crippen LogP contribution in [0.4, 0.5) is 0 Å². The fraction of sp³-hybridized carbons (Fsp3) is 0.900. The van der Waals surface area contributed by atoms with E-state index >= 15 is 0 Å². The zero-order chi connectivity index (χ0) is 11.1. The average molecular weight is 203 g/mol. The molecule has 0 fully saturated rings. The van der Waals surface area contributed by atoms with Crippen LogP contribution in [-0.4, -0.2) is 46.3 Å². The molecule has 4 heteroatoms. The van der Waals surface area contributed by atoms with Crippen molar-refractivity contribution in [2.75, 3.05) is 13.1 Å². The normalized spacial score (nSPS) is 14.9. The van der Waals surface area contributed by atoms with Gasteiger partial charge < -0.3 is 15.1 Å². The second-order valence-corrected chi connectivity index (χ2v) is 3.51.